The Morgan fingerprint density at radius 3 is 2.44 bits per heavy atom. The lowest BCUT2D eigenvalue weighted by Crippen LogP contribution is -2.10. The maximum Gasteiger partial charge on any atom is 0.355 e. The molecule has 1 heterocycles. The number of fused-ring (bicyclic) bond motifs is 1. The Labute approximate surface area is 108 Å². The average molecular weight is 247 g/mol. The van der Waals surface area contributed by atoms with Crippen LogP contribution in [-0.4, -0.2) is 17.1 Å². The number of para-hydroxylation sites is 1. The Kier molecular flexibility index (Phi) is 4.95. The number of aryl methyl sites for hydroxylation is 2. The minimum atomic E-state index is -0.251. The number of benzene rings is 1. The van der Waals surface area contributed by atoms with E-state index >= 15 is 0 Å². The molecule has 0 N–H and O–H groups in total. The van der Waals surface area contributed by atoms with Crippen LogP contribution in [0.1, 0.15) is 36.8 Å². The summed E-state index contributed by atoms with van der Waals surface area (Å²) in [6.07, 6.45) is 0. The lowest BCUT2D eigenvalue weighted by Gasteiger charge is -2.04. The van der Waals surface area contributed by atoms with E-state index in [1.54, 1.807) is 0 Å². The Morgan fingerprint density at radius 1 is 1.28 bits per heavy atom. The first-order valence-corrected chi connectivity index (χ1v) is 6.38. The number of hydrogen-bond donors (Lipinski definition) is 0. The van der Waals surface area contributed by atoms with Crippen LogP contribution < -0.4 is 0 Å². The van der Waals surface area contributed by atoms with Crippen LogP contribution in [0.25, 0.3) is 10.9 Å². The second-order valence-corrected chi connectivity index (χ2v) is 3.77. The Bertz CT molecular complexity index is 502. The van der Waals surface area contributed by atoms with E-state index < -0.39 is 0 Å². The van der Waals surface area contributed by atoms with Crippen molar-refractivity contribution in [1.29, 1.82) is 0 Å². The van der Waals surface area contributed by atoms with Crippen molar-refractivity contribution < 1.29 is 9.53 Å². The standard InChI is InChI=1S/C13H15NO2.C2H6/c1-4-16-13(15)12-9(2)10-7-5-6-8-11(10)14(12)3;1-2/h5-8H,4H2,1-3H3;1-2H3. The van der Waals surface area contributed by atoms with E-state index in [1.165, 1.54) is 0 Å². The third kappa shape index (κ3) is 2.40. The molecule has 1 aromatic carbocycles. The van der Waals surface area contributed by atoms with E-state index in [0.717, 1.165) is 16.5 Å². The molecule has 0 saturated carbocycles. The maximum absolute atomic E-state index is 11.8. The van der Waals surface area contributed by atoms with E-state index in [1.807, 2.05) is 63.6 Å². The number of carbonyl (C=O) groups excluding carboxylic acids is 1. The molecule has 2 rings (SSSR count). The highest BCUT2D eigenvalue weighted by Crippen LogP contribution is 2.24. The lowest BCUT2D eigenvalue weighted by molar-refractivity contribution is 0.0515. The topological polar surface area (TPSA) is 31.2 Å². The fourth-order valence-corrected chi connectivity index (χ4v) is 2.07. The molecule has 0 aliphatic heterocycles. The Hall–Kier alpha value is -1.77. The molecule has 0 amide bonds. The number of carbonyl (C=O) groups is 1. The number of hydrogen-bond acceptors (Lipinski definition) is 2. The molecule has 0 saturated heterocycles. The van der Waals surface area contributed by atoms with Gasteiger partial charge in [0.15, 0.2) is 0 Å². The minimum Gasteiger partial charge on any atom is -0.461 e. The van der Waals surface area contributed by atoms with Crippen LogP contribution in [0.3, 0.4) is 0 Å². The van der Waals surface area contributed by atoms with Crippen molar-refractivity contribution in [2.45, 2.75) is 27.7 Å². The summed E-state index contributed by atoms with van der Waals surface area (Å²) in [6.45, 7) is 8.17. The van der Waals surface area contributed by atoms with E-state index in [-0.39, 0.29) is 5.97 Å². The molecule has 3 heteroatoms. The van der Waals surface area contributed by atoms with Gasteiger partial charge >= 0.3 is 5.97 Å². The summed E-state index contributed by atoms with van der Waals surface area (Å²) in [6, 6.07) is 7.97. The molecule has 0 atom stereocenters. The Balaban J connectivity index is 0.000000771. The zero-order chi connectivity index (χ0) is 13.7. The van der Waals surface area contributed by atoms with Crippen LogP contribution >= 0.6 is 0 Å². The molecule has 0 radical (unpaired) electrons. The molecular weight excluding hydrogens is 226 g/mol. The zero-order valence-corrected chi connectivity index (χ0v) is 11.8. The van der Waals surface area contributed by atoms with Crippen LogP contribution in [0, 0.1) is 6.92 Å². The summed E-state index contributed by atoms with van der Waals surface area (Å²) in [5.74, 6) is -0.251. The first-order chi connectivity index (χ1) is 8.66. The second-order valence-electron chi connectivity index (χ2n) is 3.77. The van der Waals surface area contributed by atoms with E-state index in [2.05, 4.69) is 0 Å². The van der Waals surface area contributed by atoms with Crippen molar-refractivity contribution in [1.82, 2.24) is 4.57 Å². The molecule has 98 valence electrons. The normalized spacial score (nSPS) is 9.83. The predicted octanol–water partition coefficient (Wildman–Crippen LogP) is 3.69. The van der Waals surface area contributed by atoms with Gasteiger partial charge in [0.1, 0.15) is 5.69 Å². The van der Waals surface area contributed by atoms with Gasteiger partial charge in [0, 0.05) is 18.0 Å². The molecule has 1 aromatic heterocycles. The third-order valence-corrected chi connectivity index (χ3v) is 2.83. The van der Waals surface area contributed by atoms with Gasteiger partial charge in [0.05, 0.1) is 6.61 Å². The first-order valence-electron chi connectivity index (χ1n) is 6.38. The number of esters is 1. The fraction of sp³-hybridized carbons (Fsp3) is 0.400. The van der Waals surface area contributed by atoms with E-state index in [4.69, 9.17) is 4.74 Å². The highest BCUT2D eigenvalue weighted by atomic mass is 16.5. The number of aromatic nitrogens is 1. The van der Waals surface area contributed by atoms with Gasteiger partial charge in [0.25, 0.3) is 0 Å². The van der Waals surface area contributed by atoms with Crippen molar-refractivity contribution in [3.8, 4) is 0 Å². The van der Waals surface area contributed by atoms with Crippen molar-refractivity contribution in [3.05, 3.63) is 35.5 Å². The fourth-order valence-electron chi connectivity index (χ4n) is 2.07. The molecule has 0 spiro atoms. The van der Waals surface area contributed by atoms with Crippen LogP contribution in [0.5, 0.6) is 0 Å². The highest BCUT2D eigenvalue weighted by Gasteiger charge is 2.18. The lowest BCUT2D eigenvalue weighted by atomic mass is 10.1. The molecule has 0 aliphatic carbocycles. The van der Waals surface area contributed by atoms with Gasteiger partial charge < -0.3 is 9.30 Å². The van der Waals surface area contributed by atoms with Gasteiger partial charge in [-0.15, -0.1) is 0 Å². The van der Waals surface area contributed by atoms with Crippen LogP contribution in [0.2, 0.25) is 0 Å². The van der Waals surface area contributed by atoms with Crippen LogP contribution in [0.4, 0.5) is 0 Å². The molecule has 18 heavy (non-hydrogen) atoms. The van der Waals surface area contributed by atoms with Crippen molar-refractivity contribution >= 4 is 16.9 Å². The summed E-state index contributed by atoms with van der Waals surface area (Å²) in [5, 5.41) is 1.10. The summed E-state index contributed by atoms with van der Waals surface area (Å²) in [7, 11) is 1.89. The molecule has 3 nitrogen and oxygen atoms in total. The number of ether oxygens (including phenoxy) is 1. The molecule has 0 fully saturated rings. The SMILES string of the molecule is CC.CCOC(=O)c1c(C)c2ccccc2n1C. The van der Waals surface area contributed by atoms with Gasteiger partial charge in [-0.25, -0.2) is 4.79 Å². The predicted molar refractivity (Wildman–Crippen MR) is 75.0 cm³/mol. The van der Waals surface area contributed by atoms with Crippen molar-refractivity contribution in [2.24, 2.45) is 7.05 Å². The minimum absolute atomic E-state index is 0.251. The van der Waals surface area contributed by atoms with Gasteiger partial charge in [0.2, 0.25) is 0 Å². The molecule has 0 unspecified atom stereocenters. The molecule has 2 aromatic rings. The molecular formula is C15H21NO2. The van der Waals surface area contributed by atoms with Crippen molar-refractivity contribution in [2.75, 3.05) is 6.61 Å². The smallest absolute Gasteiger partial charge is 0.355 e. The van der Waals surface area contributed by atoms with Crippen LogP contribution in [-0.2, 0) is 11.8 Å². The van der Waals surface area contributed by atoms with Gasteiger partial charge in [-0.2, -0.15) is 0 Å². The monoisotopic (exact) mass is 247 g/mol. The summed E-state index contributed by atoms with van der Waals surface area (Å²) in [4.78, 5) is 11.8. The summed E-state index contributed by atoms with van der Waals surface area (Å²) >= 11 is 0. The average Bonchev–Trinajstić information content (AvgIpc) is 2.65. The quantitative estimate of drug-likeness (QED) is 0.758. The molecule has 0 aliphatic rings. The van der Waals surface area contributed by atoms with Crippen LogP contribution in [0.15, 0.2) is 24.3 Å². The number of nitrogens with zero attached hydrogens (tertiary/aromatic N) is 1. The second kappa shape index (κ2) is 6.24. The van der Waals surface area contributed by atoms with E-state index in [0.29, 0.717) is 12.3 Å². The summed E-state index contributed by atoms with van der Waals surface area (Å²) in [5.41, 5.74) is 2.68. The zero-order valence-electron chi connectivity index (χ0n) is 11.8. The third-order valence-electron chi connectivity index (χ3n) is 2.83. The highest BCUT2D eigenvalue weighted by molar-refractivity contribution is 5.98. The van der Waals surface area contributed by atoms with Gasteiger partial charge in [-0.1, -0.05) is 32.0 Å². The van der Waals surface area contributed by atoms with Crippen molar-refractivity contribution in [3.63, 3.8) is 0 Å². The largest absolute Gasteiger partial charge is 0.461 e. The van der Waals surface area contributed by atoms with Gasteiger partial charge in [-0.3, -0.25) is 0 Å². The Morgan fingerprint density at radius 2 is 1.89 bits per heavy atom. The van der Waals surface area contributed by atoms with E-state index in [9.17, 15) is 4.79 Å². The van der Waals surface area contributed by atoms with Gasteiger partial charge in [-0.05, 0) is 25.5 Å². The number of rotatable bonds is 2. The maximum atomic E-state index is 11.8. The summed E-state index contributed by atoms with van der Waals surface area (Å²) < 4.78 is 6.95. The first kappa shape index (κ1) is 14.3. The molecule has 0 bridgehead atoms.